The largest absolute Gasteiger partial charge is 0.337 e. The van der Waals surface area contributed by atoms with E-state index in [-0.39, 0.29) is 5.91 Å². The first-order valence-electron chi connectivity index (χ1n) is 8.68. The fraction of sp³-hybridized carbons (Fsp3) is 0.300. The third-order valence-electron chi connectivity index (χ3n) is 4.70. The Labute approximate surface area is 161 Å². The average Bonchev–Trinajstić information content (AvgIpc) is 3.28. The van der Waals surface area contributed by atoms with Gasteiger partial charge in [0.05, 0.1) is 11.4 Å². The molecule has 3 aromatic rings. The summed E-state index contributed by atoms with van der Waals surface area (Å²) in [6.45, 7) is 5.76. The summed E-state index contributed by atoms with van der Waals surface area (Å²) in [6.07, 6.45) is 4.73. The topological polar surface area (TPSA) is 38.1 Å². The molecule has 1 amide bonds. The van der Waals surface area contributed by atoms with Crippen LogP contribution < -0.4 is 0 Å². The van der Waals surface area contributed by atoms with Crippen LogP contribution in [0.5, 0.6) is 0 Å². The average molecular weight is 384 g/mol. The van der Waals surface area contributed by atoms with Crippen LogP contribution in [0.2, 0.25) is 0 Å². The van der Waals surface area contributed by atoms with Crippen molar-refractivity contribution in [3.63, 3.8) is 0 Å². The van der Waals surface area contributed by atoms with Gasteiger partial charge in [-0.25, -0.2) is 4.98 Å². The predicted octanol–water partition coefficient (Wildman–Crippen LogP) is 4.23. The van der Waals surface area contributed by atoms with Gasteiger partial charge in [-0.15, -0.1) is 11.3 Å². The number of hydrogen-bond donors (Lipinski definition) is 0. The SMILES string of the molecule is Cc1ccc(-n2ccnc2SCC(=O)N2CCc3sccc3C2)c(C)c1. The van der Waals surface area contributed by atoms with Crippen LogP contribution in [-0.4, -0.2) is 32.7 Å². The van der Waals surface area contributed by atoms with Gasteiger partial charge in [-0.2, -0.15) is 0 Å². The third kappa shape index (κ3) is 3.44. The summed E-state index contributed by atoms with van der Waals surface area (Å²) in [7, 11) is 0. The summed E-state index contributed by atoms with van der Waals surface area (Å²) < 4.78 is 2.07. The van der Waals surface area contributed by atoms with Crippen molar-refractivity contribution >= 4 is 29.0 Å². The molecule has 0 atom stereocenters. The van der Waals surface area contributed by atoms with E-state index in [2.05, 4.69) is 53.0 Å². The molecule has 26 heavy (non-hydrogen) atoms. The number of hydrogen-bond acceptors (Lipinski definition) is 4. The van der Waals surface area contributed by atoms with E-state index in [4.69, 9.17) is 0 Å². The first kappa shape index (κ1) is 17.4. The number of rotatable bonds is 4. The molecule has 1 aromatic carbocycles. The van der Waals surface area contributed by atoms with Crippen LogP contribution in [0.3, 0.4) is 0 Å². The Balaban J connectivity index is 1.44. The standard InChI is InChI=1S/C20H21N3OS2/c1-14-3-4-17(15(2)11-14)23-9-7-21-20(23)26-13-19(24)22-8-5-18-16(12-22)6-10-25-18/h3-4,6-7,9-11H,5,8,12-13H2,1-2H3. The molecule has 0 saturated heterocycles. The van der Waals surface area contributed by atoms with Crippen molar-refractivity contribution in [3.8, 4) is 5.69 Å². The molecule has 0 aliphatic carbocycles. The van der Waals surface area contributed by atoms with Gasteiger partial charge in [0.2, 0.25) is 5.91 Å². The summed E-state index contributed by atoms with van der Waals surface area (Å²) in [4.78, 5) is 20.5. The van der Waals surface area contributed by atoms with Crippen molar-refractivity contribution in [3.05, 3.63) is 63.6 Å². The second-order valence-electron chi connectivity index (χ2n) is 6.59. The zero-order chi connectivity index (χ0) is 18.1. The lowest BCUT2D eigenvalue weighted by atomic mass is 10.1. The van der Waals surface area contributed by atoms with Crippen molar-refractivity contribution in [1.82, 2.24) is 14.5 Å². The number of thiophene rings is 1. The summed E-state index contributed by atoms with van der Waals surface area (Å²) in [6, 6.07) is 8.52. The zero-order valence-corrected chi connectivity index (χ0v) is 16.6. The number of aromatic nitrogens is 2. The van der Waals surface area contributed by atoms with Crippen molar-refractivity contribution in [1.29, 1.82) is 0 Å². The monoisotopic (exact) mass is 383 g/mol. The molecule has 6 heteroatoms. The number of imidazole rings is 1. The molecule has 3 heterocycles. The molecule has 0 radical (unpaired) electrons. The van der Waals surface area contributed by atoms with E-state index >= 15 is 0 Å². The summed E-state index contributed by atoms with van der Waals surface area (Å²) >= 11 is 3.31. The predicted molar refractivity (Wildman–Crippen MR) is 107 cm³/mol. The van der Waals surface area contributed by atoms with Gasteiger partial charge >= 0.3 is 0 Å². The van der Waals surface area contributed by atoms with Gasteiger partial charge in [-0.1, -0.05) is 29.5 Å². The summed E-state index contributed by atoms with van der Waals surface area (Å²) in [5, 5.41) is 2.98. The van der Waals surface area contributed by atoms with Gasteiger partial charge in [-0.3, -0.25) is 9.36 Å². The van der Waals surface area contributed by atoms with Crippen molar-refractivity contribution < 1.29 is 4.79 Å². The first-order valence-corrected chi connectivity index (χ1v) is 10.5. The number of fused-ring (bicyclic) bond motifs is 1. The maximum absolute atomic E-state index is 12.7. The Morgan fingerprint density at radius 1 is 1.31 bits per heavy atom. The lowest BCUT2D eigenvalue weighted by Crippen LogP contribution is -2.36. The summed E-state index contributed by atoms with van der Waals surface area (Å²) in [5.41, 5.74) is 4.87. The highest BCUT2D eigenvalue weighted by molar-refractivity contribution is 7.99. The lowest BCUT2D eigenvalue weighted by molar-refractivity contribution is -0.129. The number of benzene rings is 1. The molecule has 0 spiro atoms. The van der Waals surface area contributed by atoms with Crippen LogP contribution >= 0.6 is 23.1 Å². The van der Waals surface area contributed by atoms with Gasteiger partial charge in [0.1, 0.15) is 0 Å². The Morgan fingerprint density at radius 2 is 2.19 bits per heavy atom. The lowest BCUT2D eigenvalue weighted by Gasteiger charge is -2.26. The second kappa shape index (κ2) is 7.29. The maximum Gasteiger partial charge on any atom is 0.233 e. The Morgan fingerprint density at radius 3 is 3.04 bits per heavy atom. The van der Waals surface area contributed by atoms with Crippen LogP contribution in [-0.2, 0) is 17.8 Å². The van der Waals surface area contributed by atoms with Gasteiger partial charge in [0, 0.05) is 30.4 Å². The molecule has 0 fully saturated rings. The van der Waals surface area contributed by atoms with E-state index < -0.39 is 0 Å². The first-order chi connectivity index (χ1) is 12.6. The number of carbonyl (C=O) groups is 1. The highest BCUT2D eigenvalue weighted by Crippen LogP contribution is 2.26. The van der Waals surface area contributed by atoms with Gasteiger partial charge in [0.25, 0.3) is 0 Å². The third-order valence-corrected chi connectivity index (χ3v) is 6.68. The van der Waals surface area contributed by atoms with E-state index in [1.54, 1.807) is 17.5 Å². The number of carbonyl (C=O) groups excluding carboxylic acids is 1. The Bertz CT molecular complexity index is 944. The van der Waals surface area contributed by atoms with E-state index in [0.29, 0.717) is 5.75 Å². The molecule has 0 unspecified atom stereocenters. The van der Waals surface area contributed by atoms with E-state index in [9.17, 15) is 4.79 Å². The maximum atomic E-state index is 12.7. The molecule has 2 aromatic heterocycles. The second-order valence-corrected chi connectivity index (χ2v) is 8.54. The van der Waals surface area contributed by atoms with Crippen LogP contribution in [0.1, 0.15) is 21.6 Å². The molecule has 4 nitrogen and oxygen atoms in total. The minimum absolute atomic E-state index is 0.182. The molecule has 1 aliphatic rings. The quantitative estimate of drug-likeness (QED) is 0.633. The minimum atomic E-state index is 0.182. The number of thioether (sulfide) groups is 1. The van der Waals surface area contributed by atoms with Gasteiger partial charge in [-0.05, 0) is 48.9 Å². The molecule has 1 aliphatic heterocycles. The minimum Gasteiger partial charge on any atom is -0.337 e. The molecular formula is C20H21N3OS2. The normalized spacial score (nSPS) is 13.7. The number of nitrogens with zero attached hydrogens (tertiary/aromatic N) is 3. The van der Waals surface area contributed by atoms with Crippen molar-refractivity contribution in [2.75, 3.05) is 12.3 Å². The van der Waals surface area contributed by atoms with Crippen LogP contribution in [0.15, 0.2) is 47.2 Å². The fourth-order valence-corrected chi connectivity index (χ4v) is 5.09. The van der Waals surface area contributed by atoms with E-state index in [1.807, 2.05) is 11.1 Å². The van der Waals surface area contributed by atoms with Crippen molar-refractivity contribution in [2.24, 2.45) is 0 Å². The molecule has 0 saturated carbocycles. The zero-order valence-electron chi connectivity index (χ0n) is 14.9. The molecule has 134 valence electrons. The molecule has 4 rings (SSSR count). The highest BCUT2D eigenvalue weighted by atomic mass is 32.2. The number of amides is 1. The van der Waals surface area contributed by atoms with Crippen LogP contribution in [0.25, 0.3) is 5.69 Å². The van der Waals surface area contributed by atoms with E-state index in [0.717, 1.165) is 30.4 Å². The molecule has 0 N–H and O–H groups in total. The van der Waals surface area contributed by atoms with Gasteiger partial charge in [0.15, 0.2) is 5.16 Å². The smallest absolute Gasteiger partial charge is 0.233 e. The molecular weight excluding hydrogens is 362 g/mol. The number of aryl methyl sites for hydroxylation is 2. The summed E-state index contributed by atoms with van der Waals surface area (Å²) in [5.74, 6) is 0.600. The fourth-order valence-electron chi connectivity index (χ4n) is 3.33. The van der Waals surface area contributed by atoms with Gasteiger partial charge < -0.3 is 4.90 Å². The Kier molecular flexibility index (Phi) is 4.87. The Hall–Kier alpha value is -2.05. The molecule has 0 bridgehead atoms. The highest BCUT2D eigenvalue weighted by Gasteiger charge is 2.22. The van der Waals surface area contributed by atoms with E-state index in [1.165, 1.54) is 33.3 Å². The van der Waals surface area contributed by atoms with Crippen molar-refractivity contribution in [2.45, 2.75) is 32.0 Å². The van der Waals surface area contributed by atoms with Crippen LogP contribution in [0.4, 0.5) is 0 Å². The van der Waals surface area contributed by atoms with Crippen LogP contribution in [0, 0.1) is 13.8 Å².